The minimum absolute atomic E-state index is 0.0203. The van der Waals surface area contributed by atoms with E-state index < -0.39 is 0 Å². The number of piperidine rings is 1. The van der Waals surface area contributed by atoms with Crippen molar-refractivity contribution < 1.29 is 9.47 Å². The smallest absolute Gasteiger partial charge is 0.264 e. The number of aromatic nitrogens is 2. The Bertz CT molecular complexity index is 1050. The Balaban J connectivity index is 1.37. The number of nitrogens with two attached hydrogens (primary N) is 2. The van der Waals surface area contributed by atoms with Crippen LogP contribution >= 0.6 is 0 Å². The van der Waals surface area contributed by atoms with Gasteiger partial charge in [-0.25, -0.2) is 0 Å². The number of hydrogen-bond acceptors (Lipinski definition) is 7. The second kappa shape index (κ2) is 8.74. The molecule has 0 unspecified atom stereocenters. The summed E-state index contributed by atoms with van der Waals surface area (Å²) in [6.45, 7) is 5.93. The molecule has 0 bridgehead atoms. The SMILES string of the molecule is C[C@@H]1OCC2(CCN(c3nc(N)c(-c4ccc(C5CCOCC5)cc4)c(=O)n3C)CC2)[C@@H]1N. The number of rotatable bonds is 3. The predicted molar refractivity (Wildman–Crippen MR) is 129 cm³/mol. The van der Waals surface area contributed by atoms with E-state index >= 15 is 0 Å². The van der Waals surface area contributed by atoms with E-state index in [2.05, 4.69) is 22.0 Å². The topological polar surface area (TPSA) is 109 Å². The molecule has 3 fully saturated rings. The summed E-state index contributed by atoms with van der Waals surface area (Å²) in [5.41, 5.74) is 15.3. The Kier molecular flexibility index (Phi) is 5.93. The fourth-order valence-corrected chi connectivity index (χ4v) is 5.74. The summed E-state index contributed by atoms with van der Waals surface area (Å²) in [6, 6.07) is 8.25. The minimum atomic E-state index is -0.119. The third-order valence-corrected chi connectivity index (χ3v) is 8.08. The van der Waals surface area contributed by atoms with Gasteiger partial charge in [-0.1, -0.05) is 24.3 Å². The maximum atomic E-state index is 13.3. The summed E-state index contributed by atoms with van der Waals surface area (Å²) in [5, 5.41) is 0. The molecular weight excluding hydrogens is 418 g/mol. The van der Waals surface area contributed by atoms with Crippen molar-refractivity contribution in [3.05, 3.63) is 40.2 Å². The highest BCUT2D eigenvalue weighted by molar-refractivity contribution is 5.74. The second-order valence-corrected chi connectivity index (χ2v) is 9.94. The standard InChI is InChI=1S/C25H35N5O3/c1-16-21(26)25(15-33-16)9-11-30(12-10-25)24-28-22(27)20(23(31)29(24)2)19-5-3-17(4-6-19)18-7-13-32-14-8-18/h3-6,16,18,21H,7-15,26-27H2,1-2H3/t16-,21+/m0/s1. The van der Waals surface area contributed by atoms with Crippen molar-refractivity contribution in [3.63, 3.8) is 0 Å². The largest absolute Gasteiger partial charge is 0.383 e. The van der Waals surface area contributed by atoms with Gasteiger partial charge in [-0.3, -0.25) is 9.36 Å². The van der Waals surface area contributed by atoms with E-state index in [4.69, 9.17) is 20.9 Å². The van der Waals surface area contributed by atoms with Gasteiger partial charge in [-0.2, -0.15) is 4.98 Å². The lowest BCUT2D eigenvalue weighted by Crippen LogP contribution is -2.51. The summed E-state index contributed by atoms with van der Waals surface area (Å²) < 4.78 is 12.9. The molecule has 3 saturated heterocycles. The van der Waals surface area contributed by atoms with Crippen LogP contribution in [0.25, 0.3) is 11.1 Å². The van der Waals surface area contributed by atoms with Crippen molar-refractivity contribution in [1.29, 1.82) is 0 Å². The fourth-order valence-electron chi connectivity index (χ4n) is 5.74. The van der Waals surface area contributed by atoms with Crippen LogP contribution in [0.1, 0.15) is 44.1 Å². The van der Waals surface area contributed by atoms with E-state index in [-0.39, 0.29) is 28.9 Å². The van der Waals surface area contributed by atoms with Gasteiger partial charge in [0.05, 0.1) is 18.3 Å². The van der Waals surface area contributed by atoms with E-state index in [9.17, 15) is 4.79 Å². The zero-order valence-electron chi connectivity index (χ0n) is 19.6. The fraction of sp³-hybridized carbons (Fsp3) is 0.600. The number of anilines is 2. The molecule has 8 nitrogen and oxygen atoms in total. The van der Waals surface area contributed by atoms with Crippen LogP contribution in [-0.4, -0.2) is 54.6 Å². The number of nitrogen functional groups attached to an aromatic ring is 1. The molecule has 0 aliphatic carbocycles. The Labute approximate surface area is 194 Å². The zero-order chi connectivity index (χ0) is 23.2. The minimum Gasteiger partial charge on any atom is -0.383 e. The van der Waals surface area contributed by atoms with Gasteiger partial charge in [0.2, 0.25) is 5.95 Å². The molecule has 178 valence electrons. The Hall–Kier alpha value is -2.42. The van der Waals surface area contributed by atoms with Gasteiger partial charge in [-0.15, -0.1) is 0 Å². The van der Waals surface area contributed by atoms with E-state index in [1.54, 1.807) is 11.6 Å². The molecule has 33 heavy (non-hydrogen) atoms. The Morgan fingerprint density at radius 2 is 1.79 bits per heavy atom. The third kappa shape index (κ3) is 3.94. The average Bonchev–Trinajstić information content (AvgIpc) is 3.11. The molecule has 4 heterocycles. The molecule has 0 radical (unpaired) electrons. The maximum Gasteiger partial charge on any atom is 0.264 e. The molecule has 3 aliphatic heterocycles. The van der Waals surface area contributed by atoms with E-state index in [0.717, 1.165) is 57.6 Å². The number of nitrogens with zero attached hydrogens (tertiary/aromatic N) is 3. The molecule has 0 saturated carbocycles. The van der Waals surface area contributed by atoms with Gasteiger partial charge in [0, 0.05) is 44.8 Å². The van der Waals surface area contributed by atoms with Crippen LogP contribution < -0.4 is 21.9 Å². The van der Waals surface area contributed by atoms with Crippen molar-refractivity contribution in [2.75, 3.05) is 43.5 Å². The predicted octanol–water partition coefficient (Wildman–Crippen LogP) is 2.26. The summed E-state index contributed by atoms with van der Waals surface area (Å²) in [6.07, 6.45) is 4.00. The summed E-state index contributed by atoms with van der Waals surface area (Å²) in [7, 11) is 1.78. The van der Waals surface area contributed by atoms with Crippen molar-refractivity contribution in [3.8, 4) is 11.1 Å². The number of hydrogen-bond donors (Lipinski definition) is 2. The van der Waals surface area contributed by atoms with Gasteiger partial charge in [0.25, 0.3) is 5.56 Å². The molecule has 8 heteroatoms. The molecule has 1 aromatic heterocycles. The molecule has 1 spiro atoms. The van der Waals surface area contributed by atoms with Crippen LogP contribution in [0, 0.1) is 5.41 Å². The van der Waals surface area contributed by atoms with E-state index in [0.29, 0.717) is 24.0 Å². The lowest BCUT2D eigenvalue weighted by molar-refractivity contribution is 0.0853. The van der Waals surface area contributed by atoms with Crippen LogP contribution in [0.3, 0.4) is 0 Å². The van der Waals surface area contributed by atoms with Crippen LogP contribution in [0.4, 0.5) is 11.8 Å². The maximum absolute atomic E-state index is 13.3. The van der Waals surface area contributed by atoms with Gasteiger partial charge in [0.1, 0.15) is 5.82 Å². The Morgan fingerprint density at radius 3 is 2.39 bits per heavy atom. The molecule has 4 N–H and O–H groups in total. The lowest BCUT2D eigenvalue weighted by atomic mass is 9.73. The first kappa shape index (κ1) is 22.4. The van der Waals surface area contributed by atoms with Crippen molar-refractivity contribution in [1.82, 2.24) is 9.55 Å². The summed E-state index contributed by atoms with van der Waals surface area (Å²) in [4.78, 5) is 20.2. The van der Waals surface area contributed by atoms with Crippen LogP contribution in [0.2, 0.25) is 0 Å². The first-order valence-corrected chi connectivity index (χ1v) is 12.1. The number of ether oxygens (including phenoxy) is 2. The van der Waals surface area contributed by atoms with E-state index in [1.165, 1.54) is 5.56 Å². The quantitative estimate of drug-likeness (QED) is 0.734. The molecule has 0 amide bonds. The average molecular weight is 454 g/mol. The van der Waals surface area contributed by atoms with Crippen LogP contribution in [0.15, 0.2) is 29.1 Å². The zero-order valence-corrected chi connectivity index (χ0v) is 19.6. The van der Waals surface area contributed by atoms with Gasteiger partial charge < -0.3 is 25.8 Å². The second-order valence-electron chi connectivity index (χ2n) is 9.94. The van der Waals surface area contributed by atoms with Gasteiger partial charge >= 0.3 is 0 Å². The molecule has 2 atom stereocenters. The van der Waals surface area contributed by atoms with Gasteiger partial charge in [-0.05, 0) is 49.7 Å². The highest BCUT2D eigenvalue weighted by Gasteiger charge is 2.47. The molecular formula is C25H35N5O3. The first-order valence-electron chi connectivity index (χ1n) is 12.1. The normalized spacial score (nSPS) is 25.6. The molecule has 3 aliphatic rings. The van der Waals surface area contributed by atoms with Crippen LogP contribution in [0.5, 0.6) is 0 Å². The lowest BCUT2D eigenvalue weighted by Gasteiger charge is -2.41. The number of benzene rings is 1. The summed E-state index contributed by atoms with van der Waals surface area (Å²) >= 11 is 0. The molecule has 2 aromatic rings. The summed E-state index contributed by atoms with van der Waals surface area (Å²) in [5.74, 6) is 1.41. The highest BCUT2D eigenvalue weighted by Crippen LogP contribution is 2.41. The van der Waals surface area contributed by atoms with E-state index in [1.807, 2.05) is 19.1 Å². The Morgan fingerprint density at radius 1 is 1.12 bits per heavy atom. The highest BCUT2D eigenvalue weighted by atomic mass is 16.5. The van der Waals surface area contributed by atoms with Gasteiger partial charge in [0.15, 0.2) is 0 Å². The van der Waals surface area contributed by atoms with Crippen molar-refractivity contribution >= 4 is 11.8 Å². The monoisotopic (exact) mass is 453 g/mol. The van der Waals surface area contributed by atoms with Crippen LogP contribution in [-0.2, 0) is 16.5 Å². The van der Waals surface area contributed by atoms with Crippen molar-refractivity contribution in [2.24, 2.45) is 18.2 Å². The molecule has 5 rings (SSSR count). The first-order chi connectivity index (χ1) is 15.9. The van der Waals surface area contributed by atoms with Crippen molar-refractivity contribution in [2.45, 2.75) is 50.7 Å². The molecule has 1 aromatic carbocycles. The third-order valence-electron chi connectivity index (χ3n) is 8.08.